The van der Waals surface area contributed by atoms with E-state index in [-0.39, 0.29) is 6.79 Å². The SMILES string of the molecule is CCc1c(C)cc(C=O)c2c1OCO2. The lowest BCUT2D eigenvalue weighted by Crippen LogP contribution is -1.94. The molecule has 0 fully saturated rings. The number of hydrogen-bond donors (Lipinski definition) is 0. The molecule has 2 rings (SSSR count). The van der Waals surface area contributed by atoms with Gasteiger partial charge in [0.15, 0.2) is 17.8 Å². The lowest BCUT2D eigenvalue weighted by molar-refractivity contribution is 0.111. The van der Waals surface area contributed by atoms with Gasteiger partial charge in [0.2, 0.25) is 6.79 Å². The molecule has 0 aliphatic carbocycles. The van der Waals surface area contributed by atoms with Gasteiger partial charge in [0.05, 0.1) is 5.56 Å². The van der Waals surface area contributed by atoms with Crippen LogP contribution in [0.15, 0.2) is 6.07 Å². The van der Waals surface area contributed by atoms with Gasteiger partial charge in [0.1, 0.15) is 0 Å². The molecule has 0 atom stereocenters. The second kappa shape index (κ2) is 3.33. The summed E-state index contributed by atoms with van der Waals surface area (Å²) in [6.07, 6.45) is 1.69. The first-order valence-electron chi connectivity index (χ1n) is 4.65. The number of aryl methyl sites for hydroxylation is 1. The molecule has 0 spiro atoms. The zero-order chi connectivity index (χ0) is 10.1. The van der Waals surface area contributed by atoms with Gasteiger partial charge in [-0.15, -0.1) is 0 Å². The molecule has 0 amide bonds. The van der Waals surface area contributed by atoms with Crippen molar-refractivity contribution in [2.75, 3.05) is 6.79 Å². The second-order valence-corrected chi connectivity index (χ2v) is 3.30. The molecule has 0 radical (unpaired) electrons. The fourth-order valence-corrected chi connectivity index (χ4v) is 1.81. The number of carbonyl (C=O) groups is 1. The number of fused-ring (bicyclic) bond motifs is 1. The molecule has 3 nitrogen and oxygen atoms in total. The molecule has 1 aromatic rings. The van der Waals surface area contributed by atoms with Crippen LogP contribution in [0.25, 0.3) is 0 Å². The summed E-state index contributed by atoms with van der Waals surface area (Å²) in [6, 6.07) is 1.85. The largest absolute Gasteiger partial charge is 0.453 e. The summed E-state index contributed by atoms with van der Waals surface area (Å²) in [5.41, 5.74) is 2.79. The number of hydrogen-bond acceptors (Lipinski definition) is 3. The van der Waals surface area contributed by atoms with E-state index in [1.807, 2.05) is 13.0 Å². The Morgan fingerprint density at radius 3 is 2.79 bits per heavy atom. The highest BCUT2D eigenvalue weighted by molar-refractivity contribution is 5.83. The maximum atomic E-state index is 10.8. The molecular weight excluding hydrogens is 180 g/mol. The molecule has 0 bridgehead atoms. The van der Waals surface area contributed by atoms with E-state index in [1.54, 1.807) is 0 Å². The van der Waals surface area contributed by atoms with E-state index < -0.39 is 0 Å². The minimum Gasteiger partial charge on any atom is -0.453 e. The van der Waals surface area contributed by atoms with Crippen molar-refractivity contribution in [3.8, 4) is 11.5 Å². The molecule has 3 heteroatoms. The summed E-state index contributed by atoms with van der Waals surface area (Å²) in [5.74, 6) is 1.34. The van der Waals surface area contributed by atoms with Crippen molar-refractivity contribution < 1.29 is 14.3 Å². The number of ether oxygens (including phenoxy) is 2. The highest BCUT2D eigenvalue weighted by Crippen LogP contribution is 2.40. The predicted octanol–water partition coefficient (Wildman–Crippen LogP) is 2.10. The van der Waals surface area contributed by atoms with Crippen molar-refractivity contribution in [1.82, 2.24) is 0 Å². The Morgan fingerprint density at radius 1 is 1.43 bits per heavy atom. The van der Waals surface area contributed by atoms with Crippen molar-refractivity contribution in [1.29, 1.82) is 0 Å². The minimum atomic E-state index is 0.215. The third kappa shape index (κ3) is 1.16. The van der Waals surface area contributed by atoms with Crippen LogP contribution in [0.2, 0.25) is 0 Å². The Labute approximate surface area is 82.6 Å². The summed E-state index contributed by atoms with van der Waals surface area (Å²) in [4.78, 5) is 10.8. The summed E-state index contributed by atoms with van der Waals surface area (Å²) in [5, 5.41) is 0. The van der Waals surface area contributed by atoms with E-state index in [9.17, 15) is 4.79 Å². The summed E-state index contributed by atoms with van der Waals surface area (Å²) >= 11 is 0. The van der Waals surface area contributed by atoms with Gasteiger partial charge in [0, 0.05) is 5.56 Å². The standard InChI is InChI=1S/C11H12O3/c1-3-9-7(2)4-8(5-12)10-11(9)14-6-13-10/h4-5H,3,6H2,1-2H3. The highest BCUT2D eigenvalue weighted by atomic mass is 16.7. The zero-order valence-corrected chi connectivity index (χ0v) is 8.29. The van der Waals surface area contributed by atoms with Gasteiger partial charge >= 0.3 is 0 Å². The third-order valence-corrected chi connectivity index (χ3v) is 2.48. The Balaban J connectivity index is 2.67. The predicted molar refractivity (Wildman–Crippen MR) is 52.1 cm³/mol. The molecule has 74 valence electrons. The van der Waals surface area contributed by atoms with Crippen molar-refractivity contribution in [3.05, 3.63) is 22.8 Å². The highest BCUT2D eigenvalue weighted by Gasteiger charge is 2.22. The van der Waals surface area contributed by atoms with E-state index >= 15 is 0 Å². The lowest BCUT2D eigenvalue weighted by atomic mass is 10.0. The van der Waals surface area contributed by atoms with E-state index in [0.717, 1.165) is 29.6 Å². The van der Waals surface area contributed by atoms with E-state index in [2.05, 4.69) is 6.92 Å². The minimum absolute atomic E-state index is 0.215. The van der Waals surface area contributed by atoms with Gasteiger partial charge in [0.25, 0.3) is 0 Å². The molecule has 0 unspecified atom stereocenters. The molecule has 1 heterocycles. The first-order chi connectivity index (χ1) is 6.77. The van der Waals surface area contributed by atoms with Crippen molar-refractivity contribution in [2.45, 2.75) is 20.3 Å². The van der Waals surface area contributed by atoms with Gasteiger partial charge in [-0.2, -0.15) is 0 Å². The van der Waals surface area contributed by atoms with Gasteiger partial charge in [-0.05, 0) is 25.0 Å². The Kier molecular flexibility index (Phi) is 2.15. The second-order valence-electron chi connectivity index (χ2n) is 3.30. The van der Waals surface area contributed by atoms with E-state index in [0.29, 0.717) is 11.3 Å². The van der Waals surface area contributed by atoms with Crippen LogP contribution in [0.3, 0.4) is 0 Å². The lowest BCUT2D eigenvalue weighted by Gasteiger charge is -2.08. The maximum Gasteiger partial charge on any atom is 0.231 e. The number of aldehydes is 1. The van der Waals surface area contributed by atoms with Crippen molar-refractivity contribution in [3.63, 3.8) is 0 Å². The number of benzene rings is 1. The van der Waals surface area contributed by atoms with Crippen LogP contribution in [-0.2, 0) is 6.42 Å². The summed E-state index contributed by atoms with van der Waals surface area (Å²) in [6.45, 7) is 4.26. The normalized spacial score (nSPS) is 13.0. The van der Waals surface area contributed by atoms with Crippen LogP contribution in [0.4, 0.5) is 0 Å². The first kappa shape index (κ1) is 9.06. The molecular formula is C11H12O3. The monoisotopic (exact) mass is 192 g/mol. The third-order valence-electron chi connectivity index (χ3n) is 2.48. The number of carbonyl (C=O) groups excluding carboxylic acids is 1. The average Bonchev–Trinajstić information content (AvgIpc) is 2.65. The molecule has 0 saturated heterocycles. The Hall–Kier alpha value is -1.51. The zero-order valence-electron chi connectivity index (χ0n) is 8.29. The average molecular weight is 192 g/mol. The molecule has 1 aromatic carbocycles. The fraction of sp³-hybridized carbons (Fsp3) is 0.364. The van der Waals surface area contributed by atoms with Gasteiger partial charge in [-0.1, -0.05) is 6.92 Å². The van der Waals surface area contributed by atoms with Crippen LogP contribution in [-0.4, -0.2) is 13.1 Å². The fourth-order valence-electron chi connectivity index (χ4n) is 1.81. The van der Waals surface area contributed by atoms with Gasteiger partial charge < -0.3 is 9.47 Å². The van der Waals surface area contributed by atoms with Crippen molar-refractivity contribution >= 4 is 6.29 Å². The van der Waals surface area contributed by atoms with Crippen molar-refractivity contribution in [2.24, 2.45) is 0 Å². The van der Waals surface area contributed by atoms with Crippen LogP contribution < -0.4 is 9.47 Å². The van der Waals surface area contributed by atoms with E-state index in [4.69, 9.17) is 9.47 Å². The Morgan fingerprint density at radius 2 is 2.14 bits per heavy atom. The number of rotatable bonds is 2. The van der Waals surface area contributed by atoms with Gasteiger partial charge in [-0.3, -0.25) is 4.79 Å². The smallest absolute Gasteiger partial charge is 0.231 e. The van der Waals surface area contributed by atoms with E-state index in [1.165, 1.54) is 0 Å². The van der Waals surface area contributed by atoms with Crippen LogP contribution >= 0.6 is 0 Å². The van der Waals surface area contributed by atoms with Gasteiger partial charge in [-0.25, -0.2) is 0 Å². The molecule has 1 aliphatic heterocycles. The maximum absolute atomic E-state index is 10.8. The molecule has 1 aliphatic rings. The first-order valence-corrected chi connectivity index (χ1v) is 4.65. The summed E-state index contributed by atoms with van der Waals surface area (Å²) < 4.78 is 10.6. The molecule has 0 N–H and O–H groups in total. The quantitative estimate of drug-likeness (QED) is 0.673. The van der Waals surface area contributed by atoms with Crippen LogP contribution in [0.1, 0.15) is 28.4 Å². The van der Waals surface area contributed by atoms with Crippen LogP contribution in [0.5, 0.6) is 11.5 Å². The van der Waals surface area contributed by atoms with Crippen LogP contribution in [0, 0.1) is 6.92 Å². The summed E-state index contributed by atoms with van der Waals surface area (Å²) in [7, 11) is 0. The molecule has 0 saturated carbocycles. The molecule has 0 aromatic heterocycles. The topological polar surface area (TPSA) is 35.5 Å². The Bertz CT molecular complexity index is 383. The molecule has 14 heavy (non-hydrogen) atoms.